The molecule has 3 rings (SSSR count). The van der Waals surface area contributed by atoms with Crippen LogP contribution in [0.4, 0.5) is 5.69 Å². The first-order valence-corrected chi connectivity index (χ1v) is 8.47. The van der Waals surface area contributed by atoms with Gasteiger partial charge in [0, 0.05) is 11.4 Å². The van der Waals surface area contributed by atoms with Crippen molar-refractivity contribution in [3.05, 3.63) is 70.3 Å². The molecule has 0 aliphatic carbocycles. The summed E-state index contributed by atoms with van der Waals surface area (Å²) in [6.07, 6.45) is 3.63. The molecule has 1 fully saturated rings. The summed E-state index contributed by atoms with van der Waals surface area (Å²) in [5.74, 6) is -0.0204. The zero-order chi connectivity index (χ0) is 15.4. The largest absolute Gasteiger partial charge is 0.283 e. The van der Waals surface area contributed by atoms with Crippen LogP contribution < -0.4 is 0 Å². The molecule has 0 bridgehead atoms. The Balaban J connectivity index is 1.94. The van der Waals surface area contributed by atoms with Gasteiger partial charge in [0.25, 0.3) is 5.91 Å². The van der Waals surface area contributed by atoms with Gasteiger partial charge in [-0.25, -0.2) is 4.99 Å². The molecule has 0 atom stereocenters. The first-order chi connectivity index (χ1) is 10.8. The van der Waals surface area contributed by atoms with Crippen LogP contribution in [0, 0.1) is 0 Å². The number of hydrogen-bond acceptors (Lipinski definition) is 4. The maximum absolute atomic E-state index is 12.5. The smallest absolute Gasteiger partial charge is 0.267 e. The van der Waals surface area contributed by atoms with E-state index in [9.17, 15) is 4.79 Å². The molecule has 2 aromatic rings. The Kier molecular flexibility index (Phi) is 4.56. The number of carbonyl (C=O) groups is 1. The number of nitrogens with zero attached hydrogens (tertiary/aromatic N) is 2. The molecule has 0 N–H and O–H groups in total. The molecule has 0 unspecified atom stereocenters. The number of amidine groups is 1. The second-order valence-electron chi connectivity index (χ2n) is 4.56. The number of thiophene rings is 1. The molecule has 3 nitrogen and oxygen atoms in total. The Hall–Kier alpha value is -2.11. The van der Waals surface area contributed by atoms with Gasteiger partial charge in [0.2, 0.25) is 0 Å². The van der Waals surface area contributed by atoms with Gasteiger partial charge in [0.05, 0.1) is 10.6 Å². The van der Waals surface area contributed by atoms with Gasteiger partial charge in [0.15, 0.2) is 5.17 Å². The fraction of sp³-hybridized carbons (Fsp3) is 0.0588. The average Bonchev–Trinajstić information content (AvgIpc) is 3.13. The van der Waals surface area contributed by atoms with E-state index < -0.39 is 0 Å². The molecule has 2 heterocycles. The van der Waals surface area contributed by atoms with Crippen LogP contribution in [0.2, 0.25) is 0 Å². The van der Waals surface area contributed by atoms with Crippen LogP contribution >= 0.6 is 23.1 Å². The molecule has 1 aromatic heterocycles. The lowest BCUT2D eigenvalue weighted by atomic mass is 10.3. The summed E-state index contributed by atoms with van der Waals surface area (Å²) < 4.78 is 0. The van der Waals surface area contributed by atoms with E-state index in [-0.39, 0.29) is 5.91 Å². The lowest BCUT2D eigenvalue weighted by Gasteiger charge is -2.12. The second-order valence-corrected chi connectivity index (χ2v) is 6.55. The summed E-state index contributed by atoms with van der Waals surface area (Å²) in [7, 11) is 0. The van der Waals surface area contributed by atoms with E-state index in [4.69, 9.17) is 0 Å². The molecule has 1 amide bonds. The molecular formula is C17H14N2OS2. The molecule has 22 heavy (non-hydrogen) atoms. The van der Waals surface area contributed by atoms with Crippen molar-refractivity contribution in [3.8, 4) is 0 Å². The molecule has 110 valence electrons. The molecule has 0 radical (unpaired) electrons. The molecule has 1 aliphatic heterocycles. The van der Waals surface area contributed by atoms with Crippen molar-refractivity contribution >= 4 is 45.9 Å². The van der Waals surface area contributed by atoms with E-state index in [0.29, 0.717) is 16.6 Å². The van der Waals surface area contributed by atoms with Crippen molar-refractivity contribution in [2.45, 2.75) is 0 Å². The van der Waals surface area contributed by atoms with E-state index >= 15 is 0 Å². The monoisotopic (exact) mass is 326 g/mol. The van der Waals surface area contributed by atoms with Crippen molar-refractivity contribution in [1.29, 1.82) is 0 Å². The lowest BCUT2D eigenvalue weighted by Crippen LogP contribution is -2.29. The van der Waals surface area contributed by atoms with Crippen LogP contribution in [0.25, 0.3) is 6.08 Å². The minimum atomic E-state index is -0.0204. The van der Waals surface area contributed by atoms with Crippen molar-refractivity contribution in [3.63, 3.8) is 0 Å². The topological polar surface area (TPSA) is 32.7 Å². The SMILES string of the molecule is C=CCN1C(=O)C(=Cc2cccs2)SC1=Nc1ccccc1. The summed E-state index contributed by atoms with van der Waals surface area (Å²) in [6, 6.07) is 13.6. The normalized spacial score (nSPS) is 18.4. The van der Waals surface area contributed by atoms with Crippen LogP contribution in [-0.4, -0.2) is 22.5 Å². The van der Waals surface area contributed by atoms with E-state index in [1.807, 2.05) is 53.9 Å². The van der Waals surface area contributed by atoms with Gasteiger partial charge in [-0.15, -0.1) is 17.9 Å². The van der Waals surface area contributed by atoms with Crippen molar-refractivity contribution in [1.82, 2.24) is 4.90 Å². The highest BCUT2D eigenvalue weighted by Gasteiger charge is 2.32. The summed E-state index contributed by atoms with van der Waals surface area (Å²) >= 11 is 3.02. The first kappa shape index (κ1) is 14.8. The minimum absolute atomic E-state index is 0.0204. The number of carbonyl (C=O) groups excluding carboxylic acids is 1. The summed E-state index contributed by atoms with van der Waals surface area (Å²) in [6.45, 7) is 4.18. The van der Waals surface area contributed by atoms with Crippen LogP contribution in [0.15, 0.2) is 70.4 Å². The van der Waals surface area contributed by atoms with Gasteiger partial charge in [-0.1, -0.05) is 30.3 Å². The standard InChI is InChI=1S/C17H14N2OS2/c1-2-10-19-16(20)15(12-14-9-6-11-21-14)22-17(19)18-13-7-4-3-5-8-13/h2-9,11-12H,1,10H2. The van der Waals surface area contributed by atoms with Gasteiger partial charge in [-0.3, -0.25) is 9.69 Å². The maximum atomic E-state index is 12.5. The van der Waals surface area contributed by atoms with Gasteiger partial charge in [0.1, 0.15) is 0 Å². The van der Waals surface area contributed by atoms with Crippen molar-refractivity contribution in [2.24, 2.45) is 4.99 Å². The zero-order valence-corrected chi connectivity index (χ0v) is 13.4. The van der Waals surface area contributed by atoms with Crippen molar-refractivity contribution < 1.29 is 4.79 Å². The summed E-state index contributed by atoms with van der Waals surface area (Å²) in [5.41, 5.74) is 0.837. The first-order valence-electron chi connectivity index (χ1n) is 6.77. The van der Waals surface area contributed by atoms with Crippen LogP contribution in [0.3, 0.4) is 0 Å². The third-order valence-corrected chi connectivity index (χ3v) is 4.82. The predicted octanol–water partition coefficient (Wildman–Crippen LogP) is 4.54. The van der Waals surface area contributed by atoms with Crippen LogP contribution in [0.1, 0.15) is 4.88 Å². The Bertz CT molecular complexity index is 733. The van der Waals surface area contributed by atoms with Crippen LogP contribution in [-0.2, 0) is 4.79 Å². The highest BCUT2D eigenvalue weighted by Crippen LogP contribution is 2.34. The quantitative estimate of drug-likeness (QED) is 0.610. The number of thioether (sulfide) groups is 1. The van der Waals surface area contributed by atoms with E-state index in [1.165, 1.54) is 11.8 Å². The van der Waals surface area contributed by atoms with Crippen LogP contribution in [0.5, 0.6) is 0 Å². The van der Waals surface area contributed by atoms with Gasteiger partial charge < -0.3 is 0 Å². The Labute approximate surface area is 137 Å². The van der Waals surface area contributed by atoms with Gasteiger partial charge in [-0.05, 0) is 41.4 Å². The fourth-order valence-electron chi connectivity index (χ4n) is 2.00. The number of para-hydroxylation sites is 1. The maximum Gasteiger partial charge on any atom is 0.267 e. The van der Waals surface area contributed by atoms with Crippen molar-refractivity contribution in [2.75, 3.05) is 6.54 Å². The van der Waals surface area contributed by atoms with E-state index in [2.05, 4.69) is 11.6 Å². The zero-order valence-electron chi connectivity index (χ0n) is 11.8. The molecule has 1 saturated heterocycles. The fourth-order valence-corrected chi connectivity index (χ4v) is 3.73. The Morgan fingerprint density at radius 1 is 1.18 bits per heavy atom. The van der Waals surface area contributed by atoms with Gasteiger partial charge >= 0.3 is 0 Å². The minimum Gasteiger partial charge on any atom is -0.283 e. The third-order valence-electron chi connectivity index (χ3n) is 3.00. The molecular weight excluding hydrogens is 312 g/mol. The van der Waals surface area contributed by atoms with E-state index in [1.54, 1.807) is 22.3 Å². The summed E-state index contributed by atoms with van der Waals surface area (Å²) in [5, 5.41) is 2.69. The second kappa shape index (κ2) is 6.77. The molecule has 0 spiro atoms. The number of rotatable bonds is 4. The highest BCUT2D eigenvalue weighted by atomic mass is 32.2. The average molecular weight is 326 g/mol. The number of hydrogen-bond donors (Lipinski definition) is 0. The summed E-state index contributed by atoms with van der Waals surface area (Å²) in [4.78, 5) is 20.5. The number of aliphatic imine (C=N–C) groups is 1. The molecule has 1 aliphatic rings. The molecule has 1 aromatic carbocycles. The number of benzene rings is 1. The predicted molar refractivity (Wildman–Crippen MR) is 95.3 cm³/mol. The molecule has 0 saturated carbocycles. The lowest BCUT2D eigenvalue weighted by molar-refractivity contribution is -0.121. The Morgan fingerprint density at radius 3 is 2.68 bits per heavy atom. The highest BCUT2D eigenvalue weighted by molar-refractivity contribution is 8.18. The third kappa shape index (κ3) is 3.21. The van der Waals surface area contributed by atoms with E-state index in [0.717, 1.165) is 10.6 Å². The Morgan fingerprint density at radius 2 is 2.00 bits per heavy atom. The number of amides is 1. The van der Waals surface area contributed by atoms with Gasteiger partial charge in [-0.2, -0.15) is 0 Å². The molecule has 5 heteroatoms.